The number of carboxylic acid groups (broad SMARTS) is 2. The number of phenolic OH excluding ortho intramolecular Hbond substituents is 3. The van der Waals surface area contributed by atoms with Crippen LogP contribution in [-0.4, -0.2) is 130 Å². The second-order valence-electron chi connectivity index (χ2n) is 11.5. The van der Waals surface area contributed by atoms with Gasteiger partial charge in [0.2, 0.25) is 6.29 Å². The van der Waals surface area contributed by atoms with E-state index < -0.39 is 120 Å². The highest BCUT2D eigenvalue weighted by Gasteiger charge is 2.47. The van der Waals surface area contributed by atoms with E-state index in [4.69, 9.17) is 14.2 Å². The third-order valence-corrected chi connectivity index (χ3v) is 8.50. The Kier molecular flexibility index (Phi) is 9.65. The molecular formula is C31H32O17. The molecule has 17 nitrogen and oxygen atoms in total. The number of aromatic hydroxyl groups is 3. The second-order valence-corrected chi connectivity index (χ2v) is 11.5. The Morgan fingerprint density at radius 2 is 1.54 bits per heavy atom. The summed E-state index contributed by atoms with van der Waals surface area (Å²) in [6.45, 7) is -0.781. The quantitative estimate of drug-likeness (QED) is 0.109. The summed E-state index contributed by atoms with van der Waals surface area (Å²) < 4.78 is 16.4. The first-order valence-electron chi connectivity index (χ1n) is 14.4. The molecule has 0 unspecified atom stereocenters. The first-order chi connectivity index (χ1) is 22.6. The molecular weight excluding hydrogens is 644 g/mol. The van der Waals surface area contributed by atoms with Gasteiger partial charge in [0.25, 0.3) is 0 Å². The minimum absolute atomic E-state index is 0.0249. The topological polar surface area (TPSA) is 301 Å². The second kappa shape index (κ2) is 13.4. The third kappa shape index (κ3) is 6.39. The van der Waals surface area contributed by atoms with Gasteiger partial charge in [0, 0.05) is 17.9 Å². The predicted molar refractivity (Wildman–Crippen MR) is 155 cm³/mol. The molecule has 5 rings (SSSR count). The SMILES string of the molecule is O=C(O)C1=C[C@@H](O)[C@@H](O)[C@H](OC(=O)[C@@H]2C(C(=O)O)=Cc3cc(O)c(O[C@@H]4O[C@H](CO)[C@@H](O)[C@H](O)[C@H]4O)cc3[C@H]2c2ccc(O)c(O)c2)C1. The molecule has 3 aliphatic rings. The Hall–Kier alpha value is -4.75. The fourth-order valence-corrected chi connectivity index (χ4v) is 5.98. The summed E-state index contributed by atoms with van der Waals surface area (Å²) in [7, 11) is 0. The number of aliphatic hydroxyl groups excluding tert-OH is 6. The zero-order valence-electron chi connectivity index (χ0n) is 24.6. The molecule has 1 saturated heterocycles. The molecule has 0 aromatic heterocycles. The van der Waals surface area contributed by atoms with Crippen LogP contribution >= 0.6 is 0 Å². The molecule has 2 aromatic rings. The number of fused-ring (bicyclic) bond motifs is 1. The molecule has 10 atom stereocenters. The Morgan fingerprint density at radius 1 is 0.833 bits per heavy atom. The lowest BCUT2D eigenvalue weighted by molar-refractivity contribution is -0.277. The number of aliphatic hydroxyl groups is 6. The Balaban J connectivity index is 1.60. The van der Waals surface area contributed by atoms with E-state index in [1.165, 1.54) is 6.07 Å². The number of carbonyl (C=O) groups is 3. The predicted octanol–water partition coefficient (Wildman–Crippen LogP) is -1.74. The third-order valence-electron chi connectivity index (χ3n) is 8.50. The number of carboxylic acids is 2. The summed E-state index contributed by atoms with van der Waals surface area (Å²) >= 11 is 0. The first-order valence-corrected chi connectivity index (χ1v) is 14.4. The van der Waals surface area contributed by atoms with Gasteiger partial charge in [0.15, 0.2) is 23.0 Å². The number of phenols is 3. The molecule has 1 fully saturated rings. The average Bonchev–Trinajstić information content (AvgIpc) is 3.03. The van der Waals surface area contributed by atoms with Gasteiger partial charge in [0.1, 0.15) is 42.7 Å². The summed E-state index contributed by atoms with van der Waals surface area (Å²) in [4.78, 5) is 38.0. The molecule has 2 aliphatic carbocycles. The standard InChI is InChI=1S/C31H32O17/c32-9-21-25(38)26(39)27(40)31(48-21)47-19-8-13-11(5-17(19)35)3-14(29(43)44)23(22(13)10-1-2-15(33)16(34)4-10)30(45)46-20-7-12(28(41)42)6-18(36)24(20)37/h1-6,8,18,20-27,31-40H,7,9H2,(H,41,42)(H,43,44)/t18-,20-,21-,22-,23-,24-,25-,26+,27-,31-/m1/s1. The van der Waals surface area contributed by atoms with Gasteiger partial charge in [-0.05, 0) is 53.1 Å². The van der Waals surface area contributed by atoms with E-state index in [9.17, 15) is 70.6 Å². The summed E-state index contributed by atoms with van der Waals surface area (Å²) in [5, 5.41) is 112. The fraction of sp³-hybridized carbons (Fsp3) is 0.387. The maximum absolute atomic E-state index is 13.9. The molecule has 1 aliphatic heterocycles. The average molecular weight is 677 g/mol. The van der Waals surface area contributed by atoms with Crippen LogP contribution in [0.15, 0.2) is 47.6 Å². The summed E-state index contributed by atoms with van der Waals surface area (Å²) in [5.41, 5.74) is -0.859. The largest absolute Gasteiger partial charge is 0.504 e. The highest BCUT2D eigenvalue weighted by molar-refractivity contribution is 6.01. The molecule has 0 saturated carbocycles. The lowest BCUT2D eigenvalue weighted by atomic mass is 9.71. The van der Waals surface area contributed by atoms with Crippen molar-refractivity contribution in [1.29, 1.82) is 0 Å². The van der Waals surface area contributed by atoms with Crippen molar-refractivity contribution >= 4 is 24.0 Å². The van der Waals surface area contributed by atoms with Gasteiger partial charge in [-0.15, -0.1) is 0 Å². The van der Waals surface area contributed by atoms with Crippen LogP contribution in [0.3, 0.4) is 0 Å². The molecule has 2 aromatic carbocycles. The van der Waals surface area contributed by atoms with E-state index in [2.05, 4.69) is 0 Å². The summed E-state index contributed by atoms with van der Waals surface area (Å²) in [5.74, 6) is -9.87. The fourth-order valence-electron chi connectivity index (χ4n) is 5.98. The summed E-state index contributed by atoms with van der Waals surface area (Å²) in [6.07, 6.45) is -12.3. The minimum Gasteiger partial charge on any atom is -0.504 e. The van der Waals surface area contributed by atoms with Crippen molar-refractivity contribution in [3.63, 3.8) is 0 Å². The number of rotatable bonds is 8. The van der Waals surface area contributed by atoms with E-state index >= 15 is 0 Å². The first kappa shape index (κ1) is 34.6. The summed E-state index contributed by atoms with van der Waals surface area (Å²) in [6, 6.07) is 5.54. The Labute approximate surface area is 270 Å². The molecule has 0 radical (unpaired) electrons. The number of esters is 1. The molecule has 11 N–H and O–H groups in total. The van der Waals surface area contributed by atoms with Crippen LogP contribution in [0.4, 0.5) is 0 Å². The molecule has 0 bridgehead atoms. The van der Waals surface area contributed by atoms with Crippen LogP contribution in [0.5, 0.6) is 23.0 Å². The van der Waals surface area contributed by atoms with E-state index in [-0.39, 0.29) is 22.3 Å². The van der Waals surface area contributed by atoms with Crippen molar-refractivity contribution in [2.45, 2.75) is 61.4 Å². The van der Waals surface area contributed by atoms with Gasteiger partial charge >= 0.3 is 17.9 Å². The van der Waals surface area contributed by atoms with E-state index in [0.717, 1.165) is 36.4 Å². The lowest BCUT2D eigenvalue weighted by Crippen LogP contribution is -2.60. The zero-order valence-corrected chi connectivity index (χ0v) is 24.6. The van der Waals surface area contributed by atoms with Crippen molar-refractivity contribution in [3.8, 4) is 23.0 Å². The van der Waals surface area contributed by atoms with Crippen molar-refractivity contribution in [2.75, 3.05) is 6.61 Å². The van der Waals surface area contributed by atoms with Crippen molar-refractivity contribution in [1.82, 2.24) is 0 Å². The minimum atomic E-state index is -1.88. The van der Waals surface area contributed by atoms with Gasteiger partial charge in [-0.25, -0.2) is 9.59 Å². The van der Waals surface area contributed by atoms with Crippen LogP contribution in [0, 0.1) is 5.92 Å². The molecule has 1 heterocycles. The van der Waals surface area contributed by atoms with Crippen LogP contribution in [-0.2, 0) is 23.9 Å². The van der Waals surface area contributed by atoms with Gasteiger partial charge in [-0.1, -0.05) is 6.07 Å². The molecule has 0 amide bonds. The highest BCUT2D eigenvalue weighted by atomic mass is 16.7. The van der Waals surface area contributed by atoms with E-state index in [1.807, 2.05) is 0 Å². The van der Waals surface area contributed by atoms with Crippen molar-refractivity contribution in [2.24, 2.45) is 5.92 Å². The number of ether oxygens (including phenoxy) is 3. The number of benzene rings is 2. The van der Waals surface area contributed by atoms with Gasteiger partial charge in [-0.3, -0.25) is 4.79 Å². The molecule has 17 heteroatoms. The maximum atomic E-state index is 13.9. The van der Waals surface area contributed by atoms with Gasteiger partial charge in [0.05, 0.1) is 18.1 Å². The van der Waals surface area contributed by atoms with Crippen LogP contribution in [0.2, 0.25) is 0 Å². The van der Waals surface area contributed by atoms with Gasteiger partial charge < -0.3 is 70.4 Å². The van der Waals surface area contributed by atoms with Crippen LogP contribution in [0.25, 0.3) is 6.08 Å². The monoisotopic (exact) mass is 676 g/mol. The van der Waals surface area contributed by atoms with Crippen molar-refractivity contribution in [3.05, 3.63) is 64.2 Å². The Morgan fingerprint density at radius 3 is 2.17 bits per heavy atom. The zero-order chi connectivity index (χ0) is 35.2. The Bertz CT molecular complexity index is 1660. The molecule has 258 valence electrons. The smallest absolute Gasteiger partial charge is 0.332 e. The van der Waals surface area contributed by atoms with Crippen LogP contribution in [0.1, 0.15) is 29.0 Å². The van der Waals surface area contributed by atoms with E-state index in [0.29, 0.717) is 0 Å². The highest BCUT2D eigenvalue weighted by Crippen LogP contribution is 2.48. The maximum Gasteiger partial charge on any atom is 0.332 e. The number of carbonyl (C=O) groups excluding carboxylic acids is 1. The lowest BCUT2D eigenvalue weighted by Gasteiger charge is -2.40. The molecule has 48 heavy (non-hydrogen) atoms. The van der Waals surface area contributed by atoms with E-state index in [1.54, 1.807) is 0 Å². The molecule has 0 spiro atoms. The normalized spacial score (nSPS) is 31.5. The number of aliphatic carboxylic acids is 2. The number of hydrogen-bond acceptors (Lipinski definition) is 15. The van der Waals surface area contributed by atoms with Crippen LogP contribution < -0.4 is 4.74 Å². The number of hydrogen-bond donors (Lipinski definition) is 11. The van der Waals surface area contributed by atoms with Gasteiger partial charge in [-0.2, -0.15) is 0 Å². The van der Waals surface area contributed by atoms with Crippen molar-refractivity contribution < 1.29 is 84.8 Å².